The van der Waals surface area contributed by atoms with Crippen LogP contribution in [0.15, 0.2) is 0 Å². The largest absolute Gasteiger partial charge is 0.313 e. The molecule has 0 radical (unpaired) electrons. The number of nitrogens with one attached hydrogen (secondary N) is 1. The zero-order chi connectivity index (χ0) is 9.10. The third kappa shape index (κ3) is 2.96. The molecular weight excluding hydrogens is 160 g/mol. The molecule has 13 heavy (non-hydrogen) atoms. The van der Waals surface area contributed by atoms with Crippen LogP contribution in [-0.4, -0.2) is 37.1 Å². The Labute approximate surface area is 81.7 Å². The van der Waals surface area contributed by atoms with Crippen molar-refractivity contribution >= 4 is 0 Å². The average Bonchev–Trinajstić information content (AvgIpc) is 2.86. The molecule has 2 fully saturated rings. The van der Waals surface area contributed by atoms with Crippen LogP contribution in [0.3, 0.4) is 0 Å². The summed E-state index contributed by atoms with van der Waals surface area (Å²) in [6.07, 6.45) is 5.74. The van der Waals surface area contributed by atoms with E-state index in [0.717, 1.165) is 12.0 Å². The summed E-state index contributed by atoms with van der Waals surface area (Å²) in [7, 11) is 0. The molecule has 2 rings (SSSR count). The van der Waals surface area contributed by atoms with E-state index in [4.69, 9.17) is 0 Å². The lowest BCUT2D eigenvalue weighted by atomic mass is 10.2. The Morgan fingerprint density at radius 1 is 1.31 bits per heavy atom. The molecule has 0 aromatic carbocycles. The monoisotopic (exact) mass is 182 g/mol. The van der Waals surface area contributed by atoms with E-state index in [1.165, 1.54) is 51.9 Å². The van der Waals surface area contributed by atoms with Gasteiger partial charge >= 0.3 is 0 Å². The summed E-state index contributed by atoms with van der Waals surface area (Å²) in [5.41, 5.74) is 0. The zero-order valence-corrected chi connectivity index (χ0v) is 8.76. The fourth-order valence-electron chi connectivity index (χ4n) is 2.22. The third-order valence-electron chi connectivity index (χ3n) is 3.42. The molecule has 2 heteroatoms. The summed E-state index contributed by atoms with van der Waals surface area (Å²) in [4.78, 5) is 2.58. The standard InChI is InChI=1S/C11H22N2/c1-10(11-4-5-11)12-6-9-13-7-2-3-8-13/h10-12H,2-9H2,1H3. The van der Waals surface area contributed by atoms with Crippen molar-refractivity contribution in [1.82, 2.24) is 10.2 Å². The van der Waals surface area contributed by atoms with Crippen LogP contribution in [-0.2, 0) is 0 Å². The smallest absolute Gasteiger partial charge is 0.0107 e. The molecule has 0 aromatic rings. The third-order valence-corrected chi connectivity index (χ3v) is 3.42. The van der Waals surface area contributed by atoms with Gasteiger partial charge in [0.25, 0.3) is 0 Å². The second-order valence-electron chi connectivity index (χ2n) is 4.63. The van der Waals surface area contributed by atoms with Gasteiger partial charge in [-0.1, -0.05) is 0 Å². The van der Waals surface area contributed by atoms with Crippen molar-refractivity contribution in [3.8, 4) is 0 Å². The minimum Gasteiger partial charge on any atom is -0.313 e. The lowest BCUT2D eigenvalue weighted by Gasteiger charge is -2.17. The molecule has 1 atom stereocenters. The summed E-state index contributed by atoms with van der Waals surface area (Å²) in [6, 6.07) is 0.766. The number of hydrogen-bond donors (Lipinski definition) is 1. The Morgan fingerprint density at radius 2 is 2.00 bits per heavy atom. The van der Waals surface area contributed by atoms with E-state index in [-0.39, 0.29) is 0 Å². The maximum absolute atomic E-state index is 3.63. The van der Waals surface area contributed by atoms with E-state index in [1.807, 2.05) is 0 Å². The average molecular weight is 182 g/mol. The van der Waals surface area contributed by atoms with Crippen molar-refractivity contribution in [2.75, 3.05) is 26.2 Å². The SMILES string of the molecule is CC(NCCN1CCCC1)C1CC1. The van der Waals surface area contributed by atoms with Gasteiger partial charge in [0.1, 0.15) is 0 Å². The van der Waals surface area contributed by atoms with E-state index >= 15 is 0 Å². The van der Waals surface area contributed by atoms with E-state index in [9.17, 15) is 0 Å². The molecule has 1 saturated carbocycles. The van der Waals surface area contributed by atoms with Crippen LogP contribution in [0.25, 0.3) is 0 Å². The first-order valence-corrected chi connectivity index (χ1v) is 5.82. The van der Waals surface area contributed by atoms with Crippen LogP contribution < -0.4 is 5.32 Å². The van der Waals surface area contributed by atoms with Crippen molar-refractivity contribution in [1.29, 1.82) is 0 Å². The number of rotatable bonds is 5. The Hall–Kier alpha value is -0.0800. The van der Waals surface area contributed by atoms with Gasteiger partial charge in [-0.25, -0.2) is 0 Å². The van der Waals surface area contributed by atoms with E-state index in [2.05, 4.69) is 17.1 Å². The molecule has 1 aliphatic carbocycles. The Balaban J connectivity index is 1.52. The predicted octanol–water partition coefficient (Wildman–Crippen LogP) is 1.47. The highest BCUT2D eigenvalue weighted by molar-refractivity contribution is 4.83. The second-order valence-corrected chi connectivity index (χ2v) is 4.63. The quantitative estimate of drug-likeness (QED) is 0.692. The normalized spacial score (nSPS) is 26.5. The number of nitrogens with zero attached hydrogens (tertiary/aromatic N) is 1. The molecule has 1 saturated heterocycles. The molecule has 0 amide bonds. The summed E-state index contributed by atoms with van der Waals surface area (Å²) in [5, 5.41) is 3.63. The second kappa shape index (κ2) is 4.43. The lowest BCUT2D eigenvalue weighted by Crippen LogP contribution is -2.35. The molecule has 2 nitrogen and oxygen atoms in total. The molecule has 76 valence electrons. The molecule has 1 N–H and O–H groups in total. The van der Waals surface area contributed by atoms with Crippen LogP contribution in [0.1, 0.15) is 32.6 Å². The molecule has 0 bridgehead atoms. The molecular formula is C11H22N2. The highest BCUT2D eigenvalue weighted by atomic mass is 15.2. The fraction of sp³-hybridized carbons (Fsp3) is 1.00. The lowest BCUT2D eigenvalue weighted by molar-refractivity contribution is 0.325. The molecule has 1 aliphatic heterocycles. The highest BCUT2D eigenvalue weighted by Crippen LogP contribution is 2.32. The van der Waals surface area contributed by atoms with E-state index in [0.29, 0.717) is 0 Å². The summed E-state index contributed by atoms with van der Waals surface area (Å²) in [5.74, 6) is 0.999. The van der Waals surface area contributed by atoms with Gasteiger partial charge in [0.2, 0.25) is 0 Å². The molecule has 1 heterocycles. The van der Waals surface area contributed by atoms with Crippen molar-refractivity contribution in [2.24, 2.45) is 5.92 Å². The predicted molar refractivity (Wildman–Crippen MR) is 55.9 cm³/mol. The van der Waals surface area contributed by atoms with Crippen LogP contribution in [0.4, 0.5) is 0 Å². The zero-order valence-electron chi connectivity index (χ0n) is 8.76. The fourth-order valence-corrected chi connectivity index (χ4v) is 2.22. The molecule has 1 unspecified atom stereocenters. The van der Waals surface area contributed by atoms with Crippen molar-refractivity contribution in [3.05, 3.63) is 0 Å². The Bertz CT molecular complexity index is 146. The summed E-state index contributed by atoms with van der Waals surface area (Å²) in [6.45, 7) is 7.45. The van der Waals surface area contributed by atoms with Gasteiger partial charge in [0.15, 0.2) is 0 Å². The first-order valence-electron chi connectivity index (χ1n) is 5.82. The van der Waals surface area contributed by atoms with Crippen molar-refractivity contribution < 1.29 is 0 Å². The summed E-state index contributed by atoms with van der Waals surface area (Å²) >= 11 is 0. The van der Waals surface area contributed by atoms with E-state index in [1.54, 1.807) is 0 Å². The molecule has 0 aromatic heterocycles. The van der Waals surface area contributed by atoms with Gasteiger partial charge < -0.3 is 10.2 Å². The van der Waals surface area contributed by atoms with Crippen LogP contribution >= 0.6 is 0 Å². The van der Waals surface area contributed by atoms with Gasteiger partial charge in [-0.2, -0.15) is 0 Å². The highest BCUT2D eigenvalue weighted by Gasteiger charge is 2.27. The first-order chi connectivity index (χ1) is 6.36. The first kappa shape index (κ1) is 9.47. The van der Waals surface area contributed by atoms with Gasteiger partial charge in [-0.3, -0.25) is 0 Å². The Kier molecular flexibility index (Phi) is 3.23. The van der Waals surface area contributed by atoms with Gasteiger partial charge in [-0.15, -0.1) is 0 Å². The van der Waals surface area contributed by atoms with Crippen molar-refractivity contribution in [2.45, 2.75) is 38.6 Å². The number of likely N-dealkylation sites (tertiary alicyclic amines) is 1. The molecule has 2 aliphatic rings. The maximum atomic E-state index is 3.63. The minimum absolute atomic E-state index is 0.766. The molecule has 0 spiro atoms. The van der Waals surface area contributed by atoms with Gasteiger partial charge in [-0.05, 0) is 51.6 Å². The Morgan fingerprint density at radius 3 is 2.62 bits per heavy atom. The van der Waals surface area contributed by atoms with Crippen LogP contribution in [0.2, 0.25) is 0 Å². The van der Waals surface area contributed by atoms with Gasteiger partial charge in [0.05, 0.1) is 0 Å². The topological polar surface area (TPSA) is 15.3 Å². The summed E-state index contributed by atoms with van der Waals surface area (Å²) < 4.78 is 0. The van der Waals surface area contributed by atoms with Crippen LogP contribution in [0.5, 0.6) is 0 Å². The van der Waals surface area contributed by atoms with Crippen LogP contribution in [0, 0.1) is 5.92 Å². The maximum Gasteiger partial charge on any atom is 0.0107 e. The number of hydrogen-bond acceptors (Lipinski definition) is 2. The van der Waals surface area contributed by atoms with E-state index < -0.39 is 0 Å². The minimum atomic E-state index is 0.766. The van der Waals surface area contributed by atoms with Gasteiger partial charge in [0, 0.05) is 19.1 Å². The van der Waals surface area contributed by atoms with Crippen molar-refractivity contribution in [3.63, 3.8) is 0 Å².